The molecule has 0 saturated carbocycles. The highest BCUT2D eigenvalue weighted by atomic mass is 32.1. The van der Waals surface area contributed by atoms with Gasteiger partial charge in [0.2, 0.25) is 0 Å². The lowest BCUT2D eigenvalue weighted by molar-refractivity contribution is 0.189. The summed E-state index contributed by atoms with van der Waals surface area (Å²) < 4.78 is 10.6. The van der Waals surface area contributed by atoms with Gasteiger partial charge in [0, 0.05) is 17.5 Å². The van der Waals surface area contributed by atoms with Crippen LogP contribution in [0.1, 0.15) is 38.1 Å². The molecule has 6 heteroatoms. The van der Waals surface area contributed by atoms with Crippen LogP contribution in [0.2, 0.25) is 0 Å². The molecule has 5 nitrogen and oxygen atoms in total. The van der Waals surface area contributed by atoms with Crippen LogP contribution in [-0.4, -0.2) is 31.7 Å². The second-order valence-electron chi connectivity index (χ2n) is 6.56. The standard InChI is InChI=1S/C20H28N2O3S/c1-14(2)10-11-22(15(3)19-7-6-12-26-19)20(23)21-17-9-8-16(24-4)13-18(17)25-5/h6-9,12-15H,10-11H2,1-5H3,(H,21,23)/t15-/m1/s1. The lowest BCUT2D eigenvalue weighted by Crippen LogP contribution is -2.38. The lowest BCUT2D eigenvalue weighted by atomic mass is 10.1. The minimum Gasteiger partial charge on any atom is -0.497 e. The maximum absolute atomic E-state index is 13.0. The average Bonchev–Trinajstić information content (AvgIpc) is 3.16. The Labute approximate surface area is 159 Å². The van der Waals surface area contributed by atoms with Crippen LogP contribution in [0.3, 0.4) is 0 Å². The van der Waals surface area contributed by atoms with Gasteiger partial charge in [-0.05, 0) is 42.8 Å². The number of urea groups is 1. The van der Waals surface area contributed by atoms with Crippen LogP contribution in [0.4, 0.5) is 10.5 Å². The number of rotatable bonds is 8. The van der Waals surface area contributed by atoms with Crippen molar-refractivity contribution in [3.05, 3.63) is 40.6 Å². The highest BCUT2D eigenvalue weighted by Crippen LogP contribution is 2.31. The van der Waals surface area contributed by atoms with Crippen LogP contribution in [-0.2, 0) is 0 Å². The number of anilines is 1. The summed E-state index contributed by atoms with van der Waals surface area (Å²) in [6.07, 6.45) is 0.947. The van der Waals surface area contributed by atoms with Gasteiger partial charge in [-0.3, -0.25) is 0 Å². The molecule has 142 valence electrons. The van der Waals surface area contributed by atoms with Gasteiger partial charge in [0.05, 0.1) is 25.9 Å². The van der Waals surface area contributed by atoms with E-state index < -0.39 is 0 Å². The molecular formula is C20H28N2O3S. The predicted molar refractivity (Wildman–Crippen MR) is 107 cm³/mol. The Balaban J connectivity index is 2.20. The zero-order valence-electron chi connectivity index (χ0n) is 16.1. The summed E-state index contributed by atoms with van der Waals surface area (Å²) in [5.41, 5.74) is 0.631. The minimum atomic E-state index is -0.130. The van der Waals surface area contributed by atoms with Gasteiger partial charge in [-0.1, -0.05) is 19.9 Å². The molecule has 1 N–H and O–H groups in total. The van der Waals surface area contributed by atoms with Crippen LogP contribution in [0.5, 0.6) is 11.5 Å². The van der Waals surface area contributed by atoms with Crippen molar-refractivity contribution in [2.24, 2.45) is 5.92 Å². The van der Waals surface area contributed by atoms with Crippen molar-refractivity contribution in [1.29, 1.82) is 0 Å². The Hall–Kier alpha value is -2.21. The molecule has 1 aromatic carbocycles. The molecular weight excluding hydrogens is 348 g/mol. The van der Waals surface area contributed by atoms with Crippen molar-refractivity contribution in [3.8, 4) is 11.5 Å². The minimum absolute atomic E-state index is 0.0120. The van der Waals surface area contributed by atoms with Crippen molar-refractivity contribution < 1.29 is 14.3 Å². The first-order chi connectivity index (χ1) is 12.5. The number of nitrogens with one attached hydrogen (secondary N) is 1. The van der Waals surface area contributed by atoms with Crippen molar-refractivity contribution in [2.45, 2.75) is 33.2 Å². The van der Waals surface area contributed by atoms with Crippen LogP contribution in [0.15, 0.2) is 35.7 Å². The first kappa shape index (κ1) is 20.1. The molecule has 2 rings (SSSR count). The molecule has 0 aliphatic carbocycles. The fourth-order valence-electron chi connectivity index (χ4n) is 2.64. The van der Waals surface area contributed by atoms with E-state index in [1.165, 1.54) is 4.88 Å². The van der Waals surface area contributed by atoms with Gasteiger partial charge in [0.15, 0.2) is 0 Å². The molecule has 0 unspecified atom stereocenters. The maximum Gasteiger partial charge on any atom is 0.322 e. The number of methoxy groups -OCH3 is 2. The third-order valence-electron chi connectivity index (χ3n) is 4.28. The van der Waals surface area contributed by atoms with Gasteiger partial charge in [0.25, 0.3) is 0 Å². The second kappa shape index (κ2) is 9.48. The maximum atomic E-state index is 13.0. The summed E-state index contributed by atoms with van der Waals surface area (Å²) in [4.78, 5) is 16.1. The molecule has 0 aliphatic rings. The summed E-state index contributed by atoms with van der Waals surface area (Å²) in [7, 11) is 3.18. The predicted octanol–water partition coefficient (Wildman–Crippen LogP) is 5.41. The third-order valence-corrected chi connectivity index (χ3v) is 5.32. The number of hydrogen-bond acceptors (Lipinski definition) is 4. The Morgan fingerprint density at radius 3 is 2.54 bits per heavy atom. The van der Waals surface area contributed by atoms with E-state index >= 15 is 0 Å². The van der Waals surface area contributed by atoms with Crippen molar-refractivity contribution in [1.82, 2.24) is 4.90 Å². The Morgan fingerprint density at radius 2 is 1.96 bits per heavy atom. The highest BCUT2D eigenvalue weighted by Gasteiger charge is 2.23. The zero-order valence-corrected chi connectivity index (χ0v) is 16.9. The largest absolute Gasteiger partial charge is 0.497 e. The Morgan fingerprint density at radius 1 is 1.19 bits per heavy atom. The van der Waals surface area contributed by atoms with Gasteiger partial charge in [0.1, 0.15) is 11.5 Å². The van der Waals surface area contributed by atoms with E-state index in [2.05, 4.69) is 32.2 Å². The first-order valence-corrected chi connectivity index (χ1v) is 9.67. The monoisotopic (exact) mass is 376 g/mol. The van der Waals surface area contributed by atoms with Crippen molar-refractivity contribution in [2.75, 3.05) is 26.1 Å². The topological polar surface area (TPSA) is 50.8 Å². The van der Waals surface area contributed by atoms with Gasteiger partial charge < -0.3 is 19.7 Å². The molecule has 1 heterocycles. The highest BCUT2D eigenvalue weighted by molar-refractivity contribution is 7.10. The van der Waals surface area contributed by atoms with E-state index in [4.69, 9.17) is 9.47 Å². The number of hydrogen-bond donors (Lipinski definition) is 1. The summed E-state index contributed by atoms with van der Waals surface area (Å²) >= 11 is 1.67. The lowest BCUT2D eigenvalue weighted by Gasteiger charge is -2.30. The van der Waals surface area contributed by atoms with Crippen LogP contribution in [0, 0.1) is 5.92 Å². The third kappa shape index (κ3) is 5.14. The number of carbonyl (C=O) groups is 1. The molecule has 0 saturated heterocycles. The first-order valence-electron chi connectivity index (χ1n) is 8.79. The molecule has 0 bridgehead atoms. The smallest absolute Gasteiger partial charge is 0.322 e. The summed E-state index contributed by atoms with van der Waals surface area (Å²) in [5.74, 6) is 1.78. The molecule has 1 aromatic heterocycles. The summed E-state index contributed by atoms with van der Waals surface area (Å²) in [6, 6.07) is 9.33. The average molecular weight is 377 g/mol. The number of thiophene rings is 1. The van der Waals surface area contributed by atoms with E-state index in [0.29, 0.717) is 29.6 Å². The fourth-order valence-corrected chi connectivity index (χ4v) is 3.44. The molecule has 0 radical (unpaired) electrons. The Kier molecular flexibility index (Phi) is 7.33. The van der Waals surface area contributed by atoms with Crippen LogP contribution < -0.4 is 14.8 Å². The van der Waals surface area contributed by atoms with E-state index in [-0.39, 0.29) is 12.1 Å². The summed E-state index contributed by atoms with van der Waals surface area (Å²) in [6.45, 7) is 7.09. The second-order valence-corrected chi connectivity index (χ2v) is 7.54. The molecule has 26 heavy (non-hydrogen) atoms. The van der Waals surface area contributed by atoms with Crippen molar-refractivity contribution in [3.63, 3.8) is 0 Å². The number of carbonyl (C=O) groups excluding carboxylic acids is 1. The zero-order chi connectivity index (χ0) is 19.1. The molecule has 2 aromatic rings. The fraction of sp³-hybridized carbons (Fsp3) is 0.450. The number of amides is 2. The van der Waals surface area contributed by atoms with Crippen LogP contribution >= 0.6 is 11.3 Å². The van der Waals surface area contributed by atoms with E-state index in [9.17, 15) is 4.79 Å². The van der Waals surface area contributed by atoms with E-state index in [0.717, 1.165) is 6.42 Å². The Bertz CT molecular complexity index is 701. The summed E-state index contributed by atoms with van der Waals surface area (Å²) in [5, 5.41) is 5.03. The number of benzene rings is 1. The van der Waals surface area contributed by atoms with Gasteiger partial charge in [-0.15, -0.1) is 11.3 Å². The quantitative estimate of drug-likeness (QED) is 0.670. The molecule has 2 amide bonds. The SMILES string of the molecule is COc1ccc(NC(=O)N(CCC(C)C)[C@H](C)c2cccs2)c(OC)c1. The van der Waals surface area contributed by atoms with E-state index in [1.54, 1.807) is 43.8 Å². The number of nitrogens with zero attached hydrogens (tertiary/aromatic N) is 1. The number of ether oxygens (including phenoxy) is 2. The normalized spacial score (nSPS) is 11.9. The van der Waals surface area contributed by atoms with Gasteiger partial charge in [-0.2, -0.15) is 0 Å². The van der Waals surface area contributed by atoms with Gasteiger partial charge in [-0.25, -0.2) is 4.79 Å². The molecule has 0 spiro atoms. The molecule has 0 fully saturated rings. The van der Waals surface area contributed by atoms with Crippen molar-refractivity contribution >= 4 is 23.1 Å². The van der Waals surface area contributed by atoms with E-state index in [1.807, 2.05) is 16.3 Å². The van der Waals surface area contributed by atoms with Crippen LogP contribution in [0.25, 0.3) is 0 Å². The molecule has 0 aliphatic heterocycles. The molecule has 1 atom stereocenters. The van der Waals surface area contributed by atoms with Gasteiger partial charge >= 0.3 is 6.03 Å².